The zero-order chi connectivity index (χ0) is 15.3. The molecule has 4 aliphatic carbocycles. The third kappa shape index (κ3) is 2.27. The van der Waals surface area contributed by atoms with Crippen LogP contribution in [0, 0.1) is 23.2 Å². The van der Waals surface area contributed by atoms with Gasteiger partial charge in [0, 0.05) is 12.1 Å². The summed E-state index contributed by atoms with van der Waals surface area (Å²) < 4.78 is 0. The lowest BCUT2D eigenvalue weighted by molar-refractivity contribution is -0.0688. The Morgan fingerprint density at radius 2 is 1.82 bits per heavy atom. The summed E-state index contributed by atoms with van der Waals surface area (Å²) in [7, 11) is 0. The summed E-state index contributed by atoms with van der Waals surface area (Å²) in [4.78, 5) is 23.4. The van der Waals surface area contributed by atoms with E-state index in [1.807, 2.05) is 0 Å². The van der Waals surface area contributed by atoms with Crippen LogP contribution in [0.25, 0.3) is 0 Å². The number of carbonyl (C=O) groups is 1. The molecule has 1 atom stereocenters. The number of H-pyrrole nitrogens is 1. The minimum absolute atomic E-state index is 0.169. The molecule has 4 saturated carbocycles. The first-order valence-corrected chi connectivity index (χ1v) is 8.41. The smallest absolute Gasteiger partial charge is 0.271 e. The number of hydrogen-bond acceptors (Lipinski definition) is 3. The predicted octanol–water partition coefficient (Wildman–Crippen LogP) is 2.10. The molecule has 5 heteroatoms. The zero-order valence-electron chi connectivity index (χ0n) is 13.0. The van der Waals surface area contributed by atoms with Crippen LogP contribution in [0.5, 0.6) is 0 Å². The van der Waals surface area contributed by atoms with E-state index in [-0.39, 0.29) is 28.6 Å². The molecule has 1 aromatic rings. The number of amides is 1. The highest BCUT2D eigenvalue weighted by molar-refractivity contribution is 5.92. The number of carbonyl (C=O) groups excluding carboxylic acids is 1. The van der Waals surface area contributed by atoms with Gasteiger partial charge in [0.1, 0.15) is 5.69 Å². The lowest BCUT2D eigenvalue weighted by atomic mass is 9.48. The maximum Gasteiger partial charge on any atom is 0.271 e. The summed E-state index contributed by atoms with van der Waals surface area (Å²) in [6.07, 6.45) is 8.00. The topological polar surface area (TPSA) is 74.8 Å². The maximum atomic E-state index is 12.4. The first-order valence-electron chi connectivity index (χ1n) is 8.41. The van der Waals surface area contributed by atoms with Gasteiger partial charge < -0.3 is 5.32 Å². The van der Waals surface area contributed by atoms with E-state index in [1.54, 1.807) is 0 Å². The quantitative estimate of drug-likeness (QED) is 0.898. The Balaban J connectivity index is 1.50. The van der Waals surface area contributed by atoms with Crippen LogP contribution in [-0.4, -0.2) is 22.1 Å². The molecule has 0 radical (unpaired) electrons. The SMILES string of the molecule is C[C@@H](NC(=O)c1ccc(=O)[nH]n1)C12CC3CC(CC(C3)C1)C2. The van der Waals surface area contributed by atoms with E-state index >= 15 is 0 Å². The fourth-order valence-corrected chi connectivity index (χ4v) is 5.60. The van der Waals surface area contributed by atoms with Crippen molar-refractivity contribution in [3.8, 4) is 0 Å². The fraction of sp³-hybridized carbons (Fsp3) is 0.706. The number of aromatic amines is 1. The third-order valence-corrected chi connectivity index (χ3v) is 6.26. The summed E-state index contributed by atoms with van der Waals surface area (Å²) in [5, 5.41) is 9.30. The first kappa shape index (κ1) is 14.0. The van der Waals surface area contributed by atoms with Gasteiger partial charge in [-0.3, -0.25) is 9.59 Å². The van der Waals surface area contributed by atoms with Gasteiger partial charge in [0.15, 0.2) is 0 Å². The average Bonchev–Trinajstić information content (AvgIpc) is 2.46. The highest BCUT2D eigenvalue weighted by Gasteiger charge is 2.53. The number of rotatable bonds is 3. The van der Waals surface area contributed by atoms with E-state index in [0.717, 1.165) is 17.8 Å². The Kier molecular flexibility index (Phi) is 3.13. The van der Waals surface area contributed by atoms with Crippen molar-refractivity contribution in [3.05, 3.63) is 28.2 Å². The van der Waals surface area contributed by atoms with Crippen LogP contribution in [0.4, 0.5) is 0 Å². The Morgan fingerprint density at radius 1 is 1.23 bits per heavy atom. The van der Waals surface area contributed by atoms with Gasteiger partial charge in [-0.1, -0.05) is 0 Å². The van der Waals surface area contributed by atoms with Crippen LogP contribution >= 0.6 is 0 Å². The standard InChI is InChI=1S/C17H23N3O2/c1-10(18-16(22)14-2-3-15(21)20-19-14)17-7-11-4-12(8-17)6-13(5-11)9-17/h2-3,10-13H,4-9H2,1H3,(H,18,22)(H,20,21)/t10-,11?,12?,13?,17?/m1/s1. The molecule has 1 heterocycles. The van der Waals surface area contributed by atoms with Crippen molar-refractivity contribution < 1.29 is 4.79 Å². The van der Waals surface area contributed by atoms with Crippen LogP contribution in [0.15, 0.2) is 16.9 Å². The number of aromatic nitrogens is 2. The second-order valence-electron chi connectivity index (χ2n) is 7.78. The van der Waals surface area contributed by atoms with Crippen LogP contribution in [0.3, 0.4) is 0 Å². The number of hydrogen-bond donors (Lipinski definition) is 2. The molecule has 22 heavy (non-hydrogen) atoms. The lowest BCUT2D eigenvalue weighted by Gasteiger charge is -2.59. The molecule has 0 spiro atoms. The normalized spacial score (nSPS) is 37.0. The molecule has 4 fully saturated rings. The molecule has 4 bridgehead atoms. The minimum atomic E-state index is -0.286. The van der Waals surface area contributed by atoms with Crippen LogP contribution in [0.2, 0.25) is 0 Å². The molecule has 2 N–H and O–H groups in total. The van der Waals surface area contributed by atoms with E-state index in [0.29, 0.717) is 0 Å². The summed E-state index contributed by atoms with van der Waals surface area (Å²) >= 11 is 0. The van der Waals surface area contributed by atoms with E-state index in [1.165, 1.54) is 50.7 Å². The van der Waals surface area contributed by atoms with Crippen molar-refractivity contribution in [2.45, 2.75) is 51.5 Å². The molecule has 1 aromatic heterocycles. The van der Waals surface area contributed by atoms with Gasteiger partial charge in [-0.05, 0) is 74.7 Å². The molecule has 5 nitrogen and oxygen atoms in total. The van der Waals surface area contributed by atoms with Crippen molar-refractivity contribution in [1.82, 2.24) is 15.5 Å². The average molecular weight is 301 g/mol. The minimum Gasteiger partial charge on any atom is -0.348 e. The fourth-order valence-electron chi connectivity index (χ4n) is 5.60. The van der Waals surface area contributed by atoms with E-state index < -0.39 is 0 Å². The summed E-state index contributed by atoms with van der Waals surface area (Å²) in [6, 6.07) is 3.00. The lowest BCUT2D eigenvalue weighted by Crippen LogP contribution is -2.55. The van der Waals surface area contributed by atoms with Crippen molar-refractivity contribution in [3.63, 3.8) is 0 Å². The van der Waals surface area contributed by atoms with Gasteiger partial charge in [-0.25, -0.2) is 5.10 Å². The van der Waals surface area contributed by atoms with Gasteiger partial charge in [-0.2, -0.15) is 5.10 Å². The number of nitrogens with zero attached hydrogens (tertiary/aromatic N) is 1. The molecule has 0 aromatic carbocycles. The second kappa shape index (κ2) is 4.93. The highest BCUT2D eigenvalue weighted by atomic mass is 16.2. The third-order valence-electron chi connectivity index (χ3n) is 6.26. The van der Waals surface area contributed by atoms with Gasteiger partial charge >= 0.3 is 0 Å². The molecule has 5 rings (SSSR count). The zero-order valence-corrected chi connectivity index (χ0v) is 13.0. The molecule has 0 aliphatic heterocycles. The van der Waals surface area contributed by atoms with Gasteiger partial charge in [-0.15, -0.1) is 0 Å². The molecule has 0 saturated heterocycles. The van der Waals surface area contributed by atoms with E-state index in [2.05, 4.69) is 22.4 Å². The summed E-state index contributed by atoms with van der Waals surface area (Å²) in [5.41, 5.74) is 0.286. The Hall–Kier alpha value is -1.65. The summed E-state index contributed by atoms with van der Waals surface area (Å²) in [5.74, 6) is 2.44. The Labute approximate surface area is 129 Å². The monoisotopic (exact) mass is 301 g/mol. The van der Waals surface area contributed by atoms with Crippen LogP contribution < -0.4 is 10.9 Å². The molecule has 118 valence electrons. The Bertz CT molecular complexity index is 596. The van der Waals surface area contributed by atoms with Crippen molar-refractivity contribution in [2.24, 2.45) is 23.2 Å². The molecule has 0 unspecified atom stereocenters. The molecule has 1 amide bonds. The summed E-state index contributed by atoms with van der Waals surface area (Å²) in [6.45, 7) is 2.15. The van der Waals surface area contributed by atoms with Crippen molar-refractivity contribution in [2.75, 3.05) is 0 Å². The second-order valence-corrected chi connectivity index (χ2v) is 7.78. The molecular formula is C17H23N3O2. The van der Waals surface area contributed by atoms with Gasteiger partial charge in [0.2, 0.25) is 0 Å². The number of nitrogens with one attached hydrogen (secondary N) is 2. The highest BCUT2D eigenvalue weighted by Crippen LogP contribution is 2.61. The van der Waals surface area contributed by atoms with Crippen molar-refractivity contribution >= 4 is 5.91 Å². The van der Waals surface area contributed by atoms with Crippen molar-refractivity contribution in [1.29, 1.82) is 0 Å². The van der Waals surface area contributed by atoms with Gasteiger partial charge in [0.25, 0.3) is 11.5 Å². The van der Waals surface area contributed by atoms with E-state index in [4.69, 9.17) is 0 Å². The van der Waals surface area contributed by atoms with Crippen LogP contribution in [0.1, 0.15) is 55.9 Å². The largest absolute Gasteiger partial charge is 0.348 e. The molecule has 4 aliphatic rings. The Morgan fingerprint density at radius 3 is 2.32 bits per heavy atom. The maximum absolute atomic E-state index is 12.4. The first-order chi connectivity index (χ1) is 10.5. The van der Waals surface area contributed by atoms with Gasteiger partial charge in [0.05, 0.1) is 0 Å². The molecular weight excluding hydrogens is 278 g/mol. The van der Waals surface area contributed by atoms with E-state index in [9.17, 15) is 9.59 Å². The van der Waals surface area contributed by atoms with Crippen LogP contribution in [-0.2, 0) is 0 Å². The predicted molar refractivity (Wildman–Crippen MR) is 82.4 cm³/mol.